The highest BCUT2D eigenvalue weighted by molar-refractivity contribution is 5.94. The summed E-state index contributed by atoms with van der Waals surface area (Å²) in [6.07, 6.45) is 2.87. The van der Waals surface area contributed by atoms with Gasteiger partial charge in [-0.2, -0.15) is 0 Å². The number of likely N-dealkylation sites (tertiary alicyclic amines) is 1. The molecule has 19 heavy (non-hydrogen) atoms. The van der Waals surface area contributed by atoms with Crippen LogP contribution < -0.4 is 0 Å². The van der Waals surface area contributed by atoms with Crippen LogP contribution in [0.15, 0.2) is 24.3 Å². The Morgan fingerprint density at radius 1 is 1.26 bits per heavy atom. The van der Waals surface area contributed by atoms with Crippen LogP contribution in [0.25, 0.3) is 0 Å². The van der Waals surface area contributed by atoms with Gasteiger partial charge in [0.1, 0.15) is 0 Å². The fraction of sp³-hybridized carbons (Fsp3) is 0.533. The number of carbonyl (C=O) groups excluding carboxylic acids is 1. The lowest BCUT2D eigenvalue weighted by molar-refractivity contribution is 0.0653. The summed E-state index contributed by atoms with van der Waals surface area (Å²) in [4.78, 5) is 14.2. The van der Waals surface area contributed by atoms with Crippen LogP contribution in [0.1, 0.15) is 35.2 Å². The predicted octanol–water partition coefficient (Wildman–Crippen LogP) is 1.41. The molecule has 1 amide bonds. The second-order valence-electron chi connectivity index (χ2n) is 5.13. The Labute approximate surface area is 113 Å². The second-order valence-corrected chi connectivity index (χ2v) is 5.13. The van der Waals surface area contributed by atoms with Gasteiger partial charge in [0.2, 0.25) is 0 Å². The van der Waals surface area contributed by atoms with E-state index in [0.29, 0.717) is 11.5 Å². The smallest absolute Gasteiger partial charge is 0.253 e. The van der Waals surface area contributed by atoms with Gasteiger partial charge < -0.3 is 15.1 Å². The highest BCUT2D eigenvalue weighted by Crippen LogP contribution is 2.21. The molecule has 1 heterocycles. The Hall–Kier alpha value is -1.39. The molecule has 0 aromatic heterocycles. The van der Waals surface area contributed by atoms with E-state index in [1.54, 1.807) is 24.3 Å². The normalized spacial score (nSPS) is 19.5. The van der Waals surface area contributed by atoms with E-state index in [2.05, 4.69) is 0 Å². The average Bonchev–Trinajstić information content (AvgIpc) is 2.47. The number of rotatable bonds is 4. The van der Waals surface area contributed by atoms with Crippen molar-refractivity contribution in [1.29, 1.82) is 0 Å². The molecular formula is C15H21NO3. The molecule has 4 nitrogen and oxygen atoms in total. The van der Waals surface area contributed by atoms with Crippen LogP contribution >= 0.6 is 0 Å². The number of amides is 1. The van der Waals surface area contributed by atoms with Crippen molar-refractivity contribution < 1.29 is 15.0 Å². The summed E-state index contributed by atoms with van der Waals surface area (Å²) < 4.78 is 0. The van der Waals surface area contributed by atoms with Gasteiger partial charge in [-0.15, -0.1) is 0 Å². The first kappa shape index (κ1) is 14.0. The number of hydrogen-bond donors (Lipinski definition) is 2. The monoisotopic (exact) mass is 263 g/mol. The van der Waals surface area contributed by atoms with E-state index in [9.17, 15) is 4.79 Å². The van der Waals surface area contributed by atoms with Crippen molar-refractivity contribution >= 4 is 5.91 Å². The van der Waals surface area contributed by atoms with Crippen LogP contribution in [-0.4, -0.2) is 40.7 Å². The van der Waals surface area contributed by atoms with Crippen LogP contribution in [0.4, 0.5) is 0 Å². The van der Waals surface area contributed by atoms with Gasteiger partial charge in [0.25, 0.3) is 5.91 Å². The quantitative estimate of drug-likeness (QED) is 0.863. The number of aliphatic hydroxyl groups is 2. The van der Waals surface area contributed by atoms with Crippen molar-refractivity contribution in [2.24, 2.45) is 5.92 Å². The standard InChI is InChI=1S/C15H21NO3/c17-9-7-12-2-1-8-16(10-12)15(19)14-5-3-13(11-18)4-6-14/h3-6,12,17-18H,1-2,7-11H2. The summed E-state index contributed by atoms with van der Waals surface area (Å²) in [6.45, 7) is 1.72. The second kappa shape index (κ2) is 6.68. The first-order valence-electron chi connectivity index (χ1n) is 6.84. The van der Waals surface area contributed by atoms with Crippen molar-refractivity contribution in [3.8, 4) is 0 Å². The van der Waals surface area contributed by atoms with Crippen molar-refractivity contribution in [3.05, 3.63) is 35.4 Å². The topological polar surface area (TPSA) is 60.8 Å². The molecule has 1 aliphatic heterocycles. The first-order chi connectivity index (χ1) is 9.24. The number of benzene rings is 1. The van der Waals surface area contributed by atoms with Crippen LogP contribution in [-0.2, 0) is 6.61 Å². The molecule has 1 saturated heterocycles. The predicted molar refractivity (Wildman–Crippen MR) is 72.7 cm³/mol. The van der Waals surface area contributed by atoms with Gasteiger partial charge in [-0.25, -0.2) is 0 Å². The number of hydrogen-bond acceptors (Lipinski definition) is 3. The minimum atomic E-state index is -0.00322. The maximum absolute atomic E-state index is 12.4. The molecule has 0 radical (unpaired) electrons. The Morgan fingerprint density at radius 3 is 2.63 bits per heavy atom. The highest BCUT2D eigenvalue weighted by Gasteiger charge is 2.23. The molecule has 4 heteroatoms. The minimum absolute atomic E-state index is 0.00322. The molecule has 1 fully saturated rings. The summed E-state index contributed by atoms with van der Waals surface area (Å²) in [5.74, 6) is 0.464. The molecule has 2 N–H and O–H groups in total. The third kappa shape index (κ3) is 3.55. The molecule has 1 aliphatic rings. The van der Waals surface area contributed by atoms with Crippen molar-refractivity contribution in [1.82, 2.24) is 4.90 Å². The van der Waals surface area contributed by atoms with Gasteiger partial charge in [0.05, 0.1) is 6.61 Å². The lowest BCUT2D eigenvalue weighted by Gasteiger charge is -2.32. The van der Waals surface area contributed by atoms with Crippen molar-refractivity contribution in [3.63, 3.8) is 0 Å². The maximum Gasteiger partial charge on any atom is 0.253 e. The molecule has 104 valence electrons. The molecule has 1 aromatic carbocycles. The number of aliphatic hydroxyl groups excluding tert-OH is 2. The van der Waals surface area contributed by atoms with Crippen LogP contribution in [0.5, 0.6) is 0 Å². The Kier molecular flexibility index (Phi) is 4.93. The summed E-state index contributed by atoms with van der Waals surface area (Å²) in [6, 6.07) is 7.10. The SMILES string of the molecule is O=C(c1ccc(CO)cc1)N1CCCC(CCO)C1. The summed E-state index contributed by atoms with van der Waals surface area (Å²) in [7, 11) is 0. The Bertz CT molecular complexity index is 414. The first-order valence-corrected chi connectivity index (χ1v) is 6.84. The molecule has 2 rings (SSSR count). The van der Waals surface area contributed by atoms with E-state index in [1.165, 1.54) is 0 Å². The molecule has 0 bridgehead atoms. The summed E-state index contributed by atoms with van der Waals surface area (Å²) >= 11 is 0. The molecule has 1 atom stereocenters. The number of carbonyl (C=O) groups is 1. The average molecular weight is 263 g/mol. The van der Waals surface area contributed by atoms with Gasteiger partial charge in [-0.1, -0.05) is 12.1 Å². The number of piperidine rings is 1. The van der Waals surface area contributed by atoms with Crippen LogP contribution in [0, 0.1) is 5.92 Å². The van der Waals surface area contributed by atoms with Gasteiger partial charge in [-0.05, 0) is 42.9 Å². The Morgan fingerprint density at radius 2 is 2.00 bits per heavy atom. The Balaban J connectivity index is 2.01. The summed E-state index contributed by atoms with van der Waals surface area (Å²) in [5.41, 5.74) is 1.48. The van der Waals surface area contributed by atoms with Gasteiger partial charge >= 0.3 is 0 Å². The van der Waals surface area contributed by atoms with Gasteiger partial charge in [0, 0.05) is 25.3 Å². The van der Waals surface area contributed by atoms with E-state index in [-0.39, 0.29) is 19.1 Å². The van der Waals surface area contributed by atoms with Gasteiger partial charge in [-0.3, -0.25) is 4.79 Å². The van der Waals surface area contributed by atoms with E-state index in [0.717, 1.165) is 37.9 Å². The third-order valence-electron chi connectivity index (χ3n) is 3.73. The molecule has 1 unspecified atom stereocenters. The zero-order chi connectivity index (χ0) is 13.7. The molecule has 1 aromatic rings. The van der Waals surface area contributed by atoms with Crippen LogP contribution in [0.3, 0.4) is 0 Å². The van der Waals surface area contributed by atoms with E-state index >= 15 is 0 Å². The molecular weight excluding hydrogens is 242 g/mol. The van der Waals surface area contributed by atoms with Crippen molar-refractivity contribution in [2.45, 2.75) is 25.9 Å². The zero-order valence-electron chi connectivity index (χ0n) is 11.1. The number of nitrogens with zero attached hydrogens (tertiary/aromatic N) is 1. The lowest BCUT2D eigenvalue weighted by atomic mass is 9.94. The maximum atomic E-state index is 12.4. The zero-order valence-corrected chi connectivity index (χ0v) is 11.1. The molecule has 0 saturated carbocycles. The fourth-order valence-corrected chi connectivity index (χ4v) is 2.60. The highest BCUT2D eigenvalue weighted by atomic mass is 16.3. The largest absolute Gasteiger partial charge is 0.396 e. The van der Waals surface area contributed by atoms with Gasteiger partial charge in [0.15, 0.2) is 0 Å². The summed E-state index contributed by atoms with van der Waals surface area (Å²) in [5, 5.41) is 18.0. The molecule has 0 spiro atoms. The van der Waals surface area contributed by atoms with E-state index in [1.807, 2.05) is 4.90 Å². The minimum Gasteiger partial charge on any atom is -0.396 e. The lowest BCUT2D eigenvalue weighted by Crippen LogP contribution is -2.40. The van der Waals surface area contributed by atoms with Crippen LogP contribution in [0.2, 0.25) is 0 Å². The third-order valence-corrected chi connectivity index (χ3v) is 3.73. The fourth-order valence-electron chi connectivity index (χ4n) is 2.60. The molecule has 0 aliphatic carbocycles. The van der Waals surface area contributed by atoms with E-state index < -0.39 is 0 Å². The van der Waals surface area contributed by atoms with E-state index in [4.69, 9.17) is 10.2 Å². The van der Waals surface area contributed by atoms with Crippen molar-refractivity contribution in [2.75, 3.05) is 19.7 Å².